The molecule has 1 rings (SSSR count). The van der Waals surface area contributed by atoms with Crippen LogP contribution in [0.4, 0.5) is 4.79 Å². The highest BCUT2D eigenvalue weighted by Crippen LogP contribution is 2.30. The largest absolute Gasteiger partial charge is 0.396 e. The zero-order chi connectivity index (χ0) is 24.0. The molecule has 6 nitrogen and oxygen atoms in total. The Morgan fingerprint density at radius 2 is 1.34 bits per heavy atom. The highest BCUT2D eigenvalue weighted by molar-refractivity contribution is 6.04. The topological polar surface area (TPSA) is 78.9 Å². The number of amides is 3. The van der Waals surface area contributed by atoms with Gasteiger partial charge in [-0.1, -0.05) is 53.9 Å². The lowest BCUT2D eigenvalue weighted by molar-refractivity contribution is -0.127. The second-order valence-electron chi connectivity index (χ2n) is 11.0. The molecule has 0 saturated carbocycles. The van der Waals surface area contributed by atoms with Gasteiger partial charge in [0.15, 0.2) is 0 Å². The first kappa shape index (κ1) is 28.9. The number of nitrogens with one attached hydrogen (secondary N) is 1. The second kappa shape index (κ2) is 14.9. The number of hydrogen-bond acceptors (Lipinski definition) is 4. The Bertz CT molecular complexity index is 548. The molecule has 1 heterocycles. The van der Waals surface area contributed by atoms with Crippen molar-refractivity contribution in [3.63, 3.8) is 0 Å². The van der Waals surface area contributed by atoms with Gasteiger partial charge in [0.05, 0.1) is 0 Å². The van der Waals surface area contributed by atoms with Gasteiger partial charge in [0, 0.05) is 26.4 Å². The summed E-state index contributed by atoms with van der Waals surface area (Å²) in [6.07, 6.45) is 12.6. The van der Waals surface area contributed by atoms with E-state index in [1.165, 1.54) is 24.2 Å². The van der Waals surface area contributed by atoms with E-state index in [0.29, 0.717) is 25.0 Å². The molecule has 0 bridgehead atoms. The van der Waals surface area contributed by atoms with Gasteiger partial charge in [0.1, 0.15) is 6.04 Å². The normalized spacial score (nSPS) is 17.3. The van der Waals surface area contributed by atoms with Crippen LogP contribution < -0.4 is 5.32 Å². The van der Waals surface area contributed by atoms with E-state index in [1.54, 1.807) is 0 Å². The van der Waals surface area contributed by atoms with Crippen LogP contribution in [0, 0.1) is 10.8 Å². The summed E-state index contributed by atoms with van der Waals surface area (Å²) in [5.41, 5.74) is 0.579. The van der Waals surface area contributed by atoms with Crippen LogP contribution in [0.5, 0.6) is 0 Å². The predicted octanol–water partition coefficient (Wildman–Crippen LogP) is 5.67. The monoisotopic (exact) mass is 454 g/mol. The summed E-state index contributed by atoms with van der Waals surface area (Å²) < 4.78 is 5.83. The van der Waals surface area contributed by atoms with Crippen molar-refractivity contribution in [1.82, 2.24) is 10.2 Å². The summed E-state index contributed by atoms with van der Waals surface area (Å²) in [5.74, 6) is -0.0716. The smallest absolute Gasteiger partial charge is 0.324 e. The van der Waals surface area contributed by atoms with Crippen LogP contribution in [0.3, 0.4) is 0 Å². The number of urea groups is 1. The number of imide groups is 1. The highest BCUT2D eigenvalue weighted by Gasteiger charge is 2.36. The van der Waals surface area contributed by atoms with Crippen LogP contribution in [0.2, 0.25) is 0 Å². The summed E-state index contributed by atoms with van der Waals surface area (Å²) in [4.78, 5) is 25.5. The molecule has 188 valence electrons. The first-order valence-electron chi connectivity index (χ1n) is 12.9. The maximum absolute atomic E-state index is 12.2. The molecule has 0 aliphatic carbocycles. The average molecular weight is 455 g/mol. The number of nitrogens with zero attached hydrogens (tertiary/aromatic N) is 1. The van der Waals surface area contributed by atoms with Crippen molar-refractivity contribution in [2.24, 2.45) is 10.8 Å². The lowest BCUT2D eigenvalue weighted by atomic mass is 9.82. The molecule has 1 saturated heterocycles. The van der Waals surface area contributed by atoms with E-state index in [2.05, 4.69) is 33.0 Å². The number of ether oxygens (including phenoxy) is 1. The van der Waals surface area contributed by atoms with Gasteiger partial charge < -0.3 is 15.2 Å². The summed E-state index contributed by atoms with van der Waals surface area (Å²) in [7, 11) is 0. The summed E-state index contributed by atoms with van der Waals surface area (Å²) in [6.45, 7) is 13.6. The van der Waals surface area contributed by atoms with Crippen molar-refractivity contribution in [3.8, 4) is 0 Å². The fourth-order valence-corrected chi connectivity index (χ4v) is 4.46. The molecule has 0 spiro atoms. The van der Waals surface area contributed by atoms with Crippen LogP contribution >= 0.6 is 0 Å². The lowest BCUT2D eigenvalue weighted by Crippen LogP contribution is -2.33. The third-order valence-electron chi connectivity index (χ3n) is 6.80. The van der Waals surface area contributed by atoms with Crippen LogP contribution in [0.1, 0.15) is 112 Å². The molecule has 1 fully saturated rings. The maximum atomic E-state index is 12.2. The van der Waals surface area contributed by atoms with Crippen molar-refractivity contribution in [1.29, 1.82) is 0 Å². The predicted molar refractivity (Wildman–Crippen MR) is 131 cm³/mol. The SMILES string of the molecule is CCC1NC(=O)N(CCCC(C)(C)CCCCOCCCCC(C)(C)CCCCO)C1=O. The Hall–Kier alpha value is -1.14. The summed E-state index contributed by atoms with van der Waals surface area (Å²) in [6, 6.07) is -0.569. The van der Waals surface area contributed by atoms with E-state index >= 15 is 0 Å². The van der Waals surface area contributed by atoms with E-state index in [9.17, 15) is 9.59 Å². The fraction of sp³-hybridized carbons (Fsp3) is 0.923. The zero-order valence-electron chi connectivity index (χ0n) is 21.5. The summed E-state index contributed by atoms with van der Waals surface area (Å²) >= 11 is 0. The highest BCUT2D eigenvalue weighted by atomic mass is 16.5. The van der Waals surface area contributed by atoms with Crippen molar-refractivity contribution in [2.45, 2.75) is 118 Å². The molecule has 1 unspecified atom stereocenters. The van der Waals surface area contributed by atoms with Crippen molar-refractivity contribution >= 4 is 11.9 Å². The minimum atomic E-state index is -0.334. The van der Waals surface area contributed by atoms with Crippen LogP contribution in [0.15, 0.2) is 0 Å². The number of carbonyl (C=O) groups excluding carboxylic acids is 2. The van der Waals surface area contributed by atoms with E-state index in [0.717, 1.165) is 64.6 Å². The fourth-order valence-electron chi connectivity index (χ4n) is 4.46. The van der Waals surface area contributed by atoms with Gasteiger partial charge in [-0.2, -0.15) is 0 Å². The number of rotatable bonds is 19. The second-order valence-corrected chi connectivity index (χ2v) is 11.0. The van der Waals surface area contributed by atoms with Crippen molar-refractivity contribution < 1.29 is 19.4 Å². The quantitative estimate of drug-likeness (QED) is 0.195. The van der Waals surface area contributed by atoms with Gasteiger partial charge >= 0.3 is 6.03 Å². The Balaban J connectivity index is 2.04. The van der Waals surface area contributed by atoms with E-state index in [4.69, 9.17) is 9.84 Å². The minimum absolute atomic E-state index is 0.0716. The van der Waals surface area contributed by atoms with Crippen molar-refractivity contribution in [2.75, 3.05) is 26.4 Å². The Morgan fingerprint density at radius 1 is 0.844 bits per heavy atom. The lowest BCUT2D eigenvalue weighted by Gasteiger charge is -2.25. The standard InChI is InChI=1S/C26H50N2O4/c1-6-22-23(30)28(24(31)27-22)18-13-17-26(4,5)16-9-12-21-32-20-11-8-15-25(2,3)14-7-10-19-29/h22,29H,6-21H2,1-5H3,(H,27,31). The Kier molecular flexibility index (Phi) is 13.4. The third kappa shape index (κ3) is 11.6. The van der Waals surface area contributed by atoms with Gasteiger partial charge in [-0.05, 0) is 68.6 Å². The molecule has 2 N–H and O–H groups in total. The van der Waals surface area contributed by atoms with Crippen LogP contribution in [-0.2, 0) is 9.53 Å². The number of aliphatic hydroxyl groups is 1. The number of unbranched alkanes of at least 4 members (excludes halogenated alkanes) is 3. The molecule has 0 aromatic carbocycles. The molecule has 0 aromatic rings. The van der Waals surface area contributed by atoms with Crippen LogP contribution in [0.25, 0.3) is 0 Å². The molecule has 0 radical (unpaired) electrons. The van der Waals surface area contributed by atoms with Gasteiger partial charge in [0.25, 0.3) is 5.91 Å². The van der Waals surface area contributed by atoms with E-state index in [-0.39, 0.29) is 23.4 Å². The van der Waals surface area contributed by atoms with Gasteiger partial charge in [-0.3, -0.25) is 9.69 Å². The van der Waals surface area contributed by atoms with Gasteiger partial charge in [-0.15, -0.1) is 0 Å². The molecule has 1 aliphatic heterocycles. The molecule has 3 amide bonds. The minimum Gasteiger partial charge on any atom is -0.396 e. The van der Waals surface area contributed by atoms with E-state index in [1.807, 2.05) is 6.92 Å². The zero-order valence-corrected chi connectivity index (χ0v) is 21.5. The van der Waals surface area contributed by atoms with Crippen molar-refractivity contribution in [3.05, 3.63) is 0 Å². The molecule has 0 aromatic heterocycles. The molecule has 32 heavy (non-hydrogen) atoms. The molecular formula is C26H50N2O4. The maximum Gasteiger partial charge on any atom is 0.324 e. The van der Waals surface area contributed by atoms with Gasteiger partial charge in [-0.25, -0.2) is 4.79 Å². The number of carbonyl (C=O) groups is 2. The summed E-state index contributed by atoms with van der Waals surface area (Å²) in [5, 5.41) is 11.7. The Morgan fingerprint density at radius 3 is 1.81 bits per heavy atom. The molecule has 6 heteroatoms. The molecular weight excluding hydrogens is 404 g/mol. The Labute approximate surface area is 196 Å². The third-order valence-corrected chi connectivity index (χ3v) is 6.80. The first-order valence-corrected chi connectivity index (χ1v) is 12.9. The first-order chi connectivity index (χ1) is 15.1. The van der Waals surface area contributed by atoms with E-state index < -0.39 is 0 Å². The number of aliphatic hydroxyl groups excluding tert-OH is 1. The molecule has 1 aliphatic rings. The number of hydrogen-bond donors (Lipinski definition) is 2. The molecule has 1 atom stereocenters. The average Bonchev–Trinajstić information content (AvgIpc) is 3.00. The van der Waals surface area contributed by atoms with Gasteiger partial charge in [0.2, 0.25) is 0 Å². The van der Waals surface area contributed by atoms with Crippen LogP contribution in [-0.4, -0.2) is 54.4 Å².